The molecule has 0 saturated carbocycles. The van der Waals surface area contributed by atoms with E-state index in [9.17, 15) is 4.79 Å². The molecule has 0 fully saturated rings. The molecule has 1 heterocycles. The van der Waals surface area contributed by atoms with Crippen LogP contribution < -0.4 is 5.32 Å². The van der Waals surface area contributed by atoms with E-state index < -0.39 is 6.09 Å². The number of imidazole rings is 1. The summed E-state index contributed by atoms with van der Waals surface area (Å²) < 4.78 is 5.09. The highest BCUT2D eigenvalue weighted by molar-refractivity contribution is 5.67. The van der Waals surface area contributed by atoms with Crippen LogP contribution in [-0.4, -0.2) is 22.6 Å². The summed E-state index contributed by atoms with van der Waals surface area (Å²) in [6.45, 7) is 0.828. The van der Waals surface area contributed by atoms with E-state index in [1.165, 1.54) is 0 Å². The average Bonchev–Trinajstić information content (AvgIpc) is 2.99. The van der Waals surface area contributed by atoms with Crippen molar-refractivity contribution >= 4 is 12.2 Å². The Balaban J connectivity index is 1.58. The molecule has 0 bridgehead atoms. The molecule has 5 heteroatoms. The fraction of sp³-hybridized carbons (Fsp3) is 0.200. The van der Waals surface area contributed by atoms with Gasteiger partial charge in [-0.05, 0) is 18.1 Å². The third-order valence-electron chi connectivity index (χ3n) is 2.61. The Bertz CT molecular complexity index is 536. The van der Waals surface area contributed by atoms with Gasteiger partial charge in [0.15, 0.2) is 0 Å². The number of hydrogen-bond donors (Lipinski definition) is 2. The van der Waals surface area contributed by atoms with Gasteiger partial charge in [0.2, 0.25) is 0 Å². The van der Waals surface area contributed by atoms with Gasteiger partial charge in [-0.15, -0.1) is 0 Å². The van der Waals surface area contributed by atoms with Crippen molar-refractivity contribution in [1.29, 1.82) is 0 Å². The Hall–Kier alpha value is -2.56. The number of H-pyrrole nitrogens is 1. The quantitative estimate of drug-likeness (QED) is 0.794. The predicted molar refractivity (Wildman–Crippen MR) is 76.9 cm³/mol. The summed E-state index contributed by atoms with van der Waals surface area (Å²) in [5.74, 6) is 0. The van der Waals surface area contributed by atoms with Gasteiger partial charge in [-0.3, -0.25) is 0 Å². The maximum atomic E-state index is 11.4. The number of hydrogen-bond acceptors (Lipinski definition) is 3. The summed E-state index contributed by atoms with van der Waals surface area (Å²) in [5, 5.41) is 2.69. The fourth-order valence-corrected chi connectivity index (χ4v) is 1.60. The Kier molecular flexibility index (Phi) is 5.39. The number of carbonyl (C=O) groups excluding carboxylic acids is 1. The van der Waals surface area contributed by atoms with Crippen LogP contribution in [0, 0.1) is 0 Å². The second-order valence-corrected chi connectivity index (χ2v) is 4.19. The van der Waals surface area contributed by atoms with Crippen molar-refractivity contribution in [3.05, 3.63) is 60.2 Å². The minimum Gasteiger partial charge on any atom is -0.445 e. The largest absolute Gasteiger partial charge is 0.445 e. The Morgan fingerprint density at radius 3 is 2.95 bits per heavy atom. The van der Waals surface area contributed by atoms with Gasteiger partial charge in [-0.2, -0.15) is 0 Å². The lowest BCUT2D eigenvalue weighted by molar-refractivity contribution is 0.140. The Labute approximate surface area is 117 Å². The smallest absolute Gasteiger partial charge is 0.407 e. The number of aromatic amines is 1. The molecule has 0 aliphatic heterocycles. The summed E-state index contributed by atoms with van der Waals surface area (Å²) in [7, 11) is 0. The molecule has 1 aromatic carbocycles. The third kappa shape index (κ3) is 4.97. The first-order valence-electron chi connectivity index (χ1n) is 6.44. The van der Waals surface area contributed by atoms with E-state index in [-0.39, 0.29) is 6.61 Å². The minimum absolute atomic E-state index is 0.288. The number of rotatable bonds is 6. The van der Waals surface area contributed by atoms with Crippen LogP contribution in [-0.2, 0) is 11.3 Å². The molecule has 0 atom stereocenters. The number of nitrogens with zero attached hydrogens (tertiary/aromatic N) is 1. The van der Waals surface area contributed by atoms with Crippen molar-refractivity contribution in [1.82, 2.24) is 15.3 Å². The number of nitrogens with one attached hydrogen (secondary N) is 2. The second kappa shape index (κ2) is 7.78. The summed E-state index contributed by atoms with van der Waals surface area (Å²) in [4.78, 5) is 18.3. The number of ether oxygens (including phenoxy) is 1. The lowest BCUT2D eigenvalue weighted by atomic mass is 10.2. The van der Waals surface area contributed by atoms with Crippen molar-refractivity contribution in [2.24, 2.45) is 0 Å². The van der Waals surface area contributed by atoms with Crippen LogP contribution in [0.25, 0.3) is 6.08 Å². The zero-order valence-corrected chi connectivity index (χ0v) is 11.1. The molecule has 0 aliphatic carbocycles. The van der Waals surface area contributed by atoms with E-state index in [4.69, 9.17) is 4.74 Å². The Morgan fingerprint density at radius 2 is 2.20 bits per heavy atom. The van der Waals surface area contributed by atoms with E-state index in [0.717, 1.165) is 17.7 Å². The van der Waals surface area contributed by atoms with E-state index >= 15 is 0 Å². The molecule has 2 N–H and O–H groups in total. The predicted octanol–water partition coefficient (Wildman–Crippen LogP) is 2.74. The molecule has 0 saturated heterocycles. The maximum absolute atomic E-state index is 11.4. The molecule has 0 unspecified atom stereocenters. The van der Waals surface area contributed by atoms with Gasteiger partial charge in [0.05, 0.1) is 18.2 Å². The third-order valence-corrected chi connectivity index (χ3v) is 2.61. The number of carbonyl (C=O) groups is 1. The van der Waals surface area contributed by atoms with Crippen LogP contribution in [0.3, 0.4) is 0 Å². The monoisotopic (exact) mass is 271 g/mol. The normalized spacial score (nSPS) is 10.6. The molecular formula is C15H17N3O2. The first kappa shape index (κ1) is 13.9. The van der Waals surface area contributed by atoms with Gasteiger partial charge in [0.1, 0.15) is 6.61 Å². The van der Waals surface area contributed by atoms with Gasteiger partial charge < -0.3 is 15.0 Å². The van der Waals surface area contributed by atoms with Crippen LogP contribution in [0.2, 0.25) is 0 Å². The van der Waals surface area contributed by atoms with Gasteiger partial charge in [-0.25, -0.2) is 9.78 Å². The van der Waals surface area contributed by atoms with Crippen molar-refractivity contribution in [3.8, 4) is 0 Å². The van der Waals surface area contributed by atoms with Crippen molar-refractivity contribution in [2.75, 3.05) is 6.54 Å². The van der Waals surface area contributed by atoms with E-state index in [1.54, 1.807) is 12.5 Å². The zero-order chi connectivity index (χ0) is 14.0. The van der Waals surface area contributed by atoms with Gasteiger partial charge >= 0.3 is 6.09 Å². The number of amides is 1. The maximum Gasteiger partial charge on any atom is 0.407 e. The van der Waals surface area contributed by atoms with Crippen LogP contribution in [0.4, 0.5) is 4.79 Å². The fourth-order valence-electron chi connectivity index (χ4n) is 1.60. The van der Waals surface area contributed by atoms with Gasteiger partial charge in [0.25, 0.3) is 0 Å². The van der Waals surface area contributed by atoms with Gasteiger partial charge in [-0.1, -0.05) is 36.4 Å². The summed E-state index contributed by atoms with van der Waals surface area (Å²) in [6.07, 6.45) is 7.58. The van der Waals surface area contributed by atoms with Crippen molar-refractivity contribution in [2.45, 2.75) is 13.0 Å². The van der Waals surface area contributed by atoms with Crippen LogP contribution in [0.1, 0.15) is 17.7 Å². The zero-order valence-electron chi connectivity index (χ0n) is 11.1. The number of benzene rings is 1. The highest BCUT2D eigenvalue weighted by Gasteiger charge is 2.00. The average molecular weight is 271 g/mol. The molecule has 1 aromatic heterocycles. The van der Waals surface area contributed by atoms with Crippen molar-refractivity contribution in [3.63, 3.8) is 0 Å². The molecule has 2 rings (SSSR count). The van der Waals surface area contributed by atoms with Crippen LogP contribution in [0.15, 0.2) is 48.9 Å². The first-order valence-corrected chi connectivity index (χ1v) is 6.44. The summed E-state index contributed by atoms with van der Waals surface area (Å²) >= 11 is 0. The topological polar surface area (TPSA) is 67.0 Å². The molecule has 1 amide bonds. The highest BCUT2D eigenvalue weighted by atomic mass is 16.5. The minimum atomic E-state index is -0.399. The lowest BCUT2D eigenvalue weighted by Gasteiger charge is -2.05. The molecule has 5 nitrogen and oxygen atoms in total. The molecular weight excluding hydrogens is 254 g/mol. The first-order chi connectivity index (χ1) is 9.84. The van der Waals surface area contributed by atoms with E-state index in [1.807, 2.05) is 42.5 Å². The molecule has 0 spiro atoms. The van der Waals surface area contributed by atoms with E-state index in [0.29, 0.717) is 6.54 Å². The second-order valence-electron chi connectivity index (χ2n) is 4.19. The summed E-state index contributed by atoms with van der Waals surface area (Å²) in [6, 6.07) is 9.59. The SMILES string of the molecule is O=C(NCCC=Cc1cnc[nH]1)OCc1ccccc1. The summed E-state index contributed by atoms with van der Waals surface area (Å²) in [5.41, 5.74) is 1.92. The molecule has 2 aromatic rings. The molecule has 0 aliphatic rings. The molecule has 20 heavy (non-hydrogen) atoms. The van der Waals surface area contributed by atoms with Gasteiger partial charge in [0, 0.05) is 6.54 Å². The number of alkyl carbamates (subject to hydrolysis) is 1. The van der Waals surface area contributed by atoms with E-state index in [2.05, 4.69) is 15.3 Å². The Morgan fingerprint density at radius 1 is 1.35 bits per heavy atom. The molecule has 0 radical (unpaired) electrons. The standard InChI is InChI=1S/C15H17N3O2/c19-15(20-11-13-6-2-1-3-7-13)17-9-5-4-8-14-10-16-12-18-14/h1-4,6-8,10,12H,5,9,11H2,(H,16,18)(H,17,19). The molecule has 104 valence electrons. The lowest BCUT2D eigenvalue weighted by Crippen LogP contribution is -2.24. The van der Waals surface area contributed by atoms with Crippen molar-refractivity contribution < 1.29 is 9.53 Å². The van der Waals surface area contributed by atoms with Crippen LogP contribution >= 0.6 is 0 Å². The number of aromatic nitrogens is 2. The highest BCUT2D eigenvalue weighted by Crippen LogP contribution is 2.00. The van der Waals surface area contributed by atoms with Crippen LogP contribution in [0.5, 0.6) is 0 Å².